The zero-order valence-corrected chi connectivity index (χ0v) is 14.2. The minimum absolute atomic E-state index is 0.136. The van der Waals surface area contributed by atoms with Gasteiger partial charge < -0.3 is 5.32 Å². The molecular formula is C15H12Br2F3N. The van der Waals surface area contributed by atoms with Crippen molar-refractivity contribution in [3.63, 3.8) is 0 Å². The van der Waals surface area contributed by atoms with Crippen LogP contribution >= 0.6 is 31.9 Å². The number of nitrogens with one attached hydrogen (secondary N) is 1. The van der Waals surface area contributed by atoms with Gasteiger partial charge >= 0.3 is 0 Å². The standard InChI is InChI=1S/C15H12Br2F3N/c1-2-21-15(8-4-3-5-9(16)13(8)19)12-11(18)7-6-10(17)14(12)20/h3-7,15,21H,2H2,1H3. The van der Waals surface area contributed by atoms with Crippen molar-refractivity contribution in [3.8, 4) is 0 Å². The summed E-state index contributed by atoms with van der Waals surface area (Å²) in [6, 6.07) is 6.20. The monoisotopic (exact) mass is 421 g/mol. The lowest BCUT2D eigenvalue weighted by molar-refractivity contribution is 0.492. The molecule has 0 aromatic heterocycles. The maximum atomic E-state index is 14.3. The van der Waals surface area contributed by atoms with Crippen LogP contribution in [0.15, 0.2) is 39.3 Å². The Hall–Kier alpha value is -0.850. The molecule has 2 rings (SSSR count). The molecule has 0 spiro atoms. The zero-order chi connectivity index (χ0) is 15.6. The molecule has 0 fully saturated rings. The van der Waals surface area contributed by atoms with Crippen molar-refractivity contribution in [2.75, 3.05) is 6.54 Å². The Balaban J connectivity index is 2.65. The van der Waals surface area contributed by atoms with Crippen LogP contribution in [0.3, 0.4) is 0 Å². The quantitative estimate of drug-likeness (QED) is 0.656. The molecule has 1 nitrogen and oxygen atoms in total. The summed E-state index contributed by atoms with van der Waals surface area (Å²) in [4.78, 5) is 0. The fourth-order valence-corrected chi connectivity index (χ4v) is 2.85. The third-order valence-corrected chi connectivity index (χ3v) is 4.29. The highest BCUT2D eigenvalue weighted by atomic mass is 79.9. The molecule has 0 heterocycles. The normalized spacial score (nSPS) is 12.5. The van der Waals surface area contributed by atoms with Crippen LogP contribution in [0, 0.1) is 17.5 Å². The molecule has 0 aliphatic carbocycles. The van der Waals surface area contributed by atoms with Gasteiger partial charge in [-0.15, -0.1) is 0 Å². The summed E-state index contributed by atoms with van der Waals surface area (Å²) in [7, 11) is 0. The van der Waals surface area contributed by atoms with E-state index in [1.165, 1.54) is 18.2 Å². The first-order valence-electron chi connectivity index (χ1n) is 6.28. The van der Waals surface area contributed by atoms with E-state index in [9.17, 15) is 13.2 Å². The van der Waals surface area contributed by atoms with Crippen LogP contribution in [0.1, 0.15) is 24.1 Å². The number of hydrogen-bond donors (Lipinski definition) is 1. The molecule has 1 N–H and O–H groups in total. The Morgan fingerprint density at radius 2 is 1.67 bits per heavy atom. The lowest BCUT2D eigenvalue weighted by Gasteiger charge is -2.21. The van der Waals surface area contributed by atoms with E-state index >= 15 is 0 Å². The fraction of sp³-hybridized carbons (Fsp3) is 0.200. The molecule has 0 saturated carbocycles. The maximum Gasteiger partial charge on any atom is 0.145 e. The van der Waals surface area contributed by atoms with E-state index in [0.717, 1.165) is 6.07 Å². The van der Waals surface area contributed by atoms with Crippen LogP contribution in [0.25, 0.3) is 0 Å². The van der Waals surface area contributed by atoms with E-state index in [4.69, 9.17) is 0 Å². The smallest absolute Gasteiger partial charge is 0.145 e. The zero-order valence-electron chi connectivity index (χ0n) is 11.1. The van der Waals surface area contributed by atoms with E-state index in [1.54, 1.807) is 13.0 Å². The summed E-state index contributed by atoms with van der Waals surface area (Å²) in [6.07, 6.45) is 0. The molecule has 6 heteroatoms. The van der Waals surface area contributed by atoms with Crippen LogP contribution in [0.4, 0.5) is 13.2 Å². The van der Waals surface area contributed by atoms with E-state index < -0.39 is 23.5 Å². The van der Waals surface area contributed by atoms with Crippen molar-refractivity contribution in [1.29, 1.82) is 0 Å². The van der Waals surface area contributed by atoms with Crippen LogP contribution in [0.2, 0.25) is 0 Å². The Bertz CT molecular complexity index is 662. The van der Waals surface area contributed by atoms with E-state index in [0.29, 0.717) is 6.54 Å². The molecule has 1 unspecified atom stereocenters. The van der Waals surface area contributed by atoms with Gasteiger partial charge in [-0.05, 0) is 56.6 Å². The predicted octanol–water partition coefficient (Wildman–Crippen LogP) is 5.33. The maximum absolute atomic E-state index is 14.3. The molecule has 0 bridgehead atoms. The Labute approximate surface area is 137 Å². The molecule has 0 aliphatic heterocycles. The second-order valence-electron chi connectivity index (χ2n) is 4.39. The number of benzene rings is 2. The molecule has 2 aromatic rings. The summed E-state index contributed by atoms with van der Waals surface area (Å²) in [5, 5.41) is 2.93. The number of hydrogen-bond acceptors (Lipinski definition) is 1. The highest BCUT2D eigenvalue weighted by Gasteiger charge is 2.25. The lowest BCUT2D eigenvalue weighted by Crippen LogP contribution is -2.25. The Kier molecular flexibility index (Phi) is 5.46. The van der Waals surface area contributed by atoms with Crippen molar-refractivity contribution in [2.45, 2.75) is 13.0 Å². The van der Waals surface area contributed by atoms with Crippen molar-refractivity contribution in [3.05, 3.63) is 67.9 Å². The van der Waals surface area contributed by atoms with Crippen molar-refractivity contribution < 1.29 is 13.2 Å². The van der Waals surface area contributed by atoms with Gasteiger partial charge in [-0.3, -0.25) is 0 Å². The first-order valence-corrected chi connectivity index (χ1v) is 7.86. The van der Waals surface area contributed by atoms with E-state index in [2.05, 4.69) is 37.2 Å². The highest BCUT2D eigenvalue weighted by molar-refractivity contribution is 9.10. The van der Waals surface area contributed by atoms with E-state index in [-0.39, 0.29) is 20.1 Å². The summed E-state index contributed by atoms with van der Waals surface area (Å²) in [5.41, 5.74) is -0.0228. The highest BCUT2D eigenvalue weighted by Crippen LogP contribution is 2.33. The molecule has 0 saturated heterocycles. The molecule has 0 amide bonds. The van der Waals surface area contributed by atoms with Gasteiger partial charge in [0.25, 0.3) is 0 Å². The largest absolute Gasteiger partial charge is 0.306 e. The fourth-order valence-electron chi connectivity index (χ4n) is 2.12. The number of halogens is 5. The molecule has 1 atom stereocenters. The van der Waals surface area contributed by atoms with E-state index in [1.807, 2.05) is 0 Å². The first-order chi connectivity index (χ1) is 9.97. The molecule has 112 valence electrons. The third kappa shape index (κ3) is 3.33. The first kappa shape index (κ1) is 16.5. The van der Waals surface area contributed by atoms with Crippen molar-refractivity contribution in [1.82, 2.24) is 5.32 Å². The van der Waals surface area contributed by atoms with Crippen molar-refractivity contribution in [2.24, 2.45) is 0 Å². The average molecular weight is 423 g/mol. The van der Waals surface area contributed by atoms with Gasteiger partial charge in [-0.25, -0.2) is 13.2 Å². The molecule has 0 aliphatic rings. The van der Waals surface area contributed by atoms with Crippen LogP contribution in [0.5, 0.6) is 0 Å². The second-order valence-corrected chi connectivity index (χ2v) is 6.10. The van der Waals surface area contributed by atoms with Gasteiger partial charge in [0.2, 0.25) is 0 Å². The summed E-state index contributed by atoms with van der Waals surface area (Å²) in [5.74, 6) is -2.00. The van der Waals surface area contributed by atoms with Crippen molar-refractivity contribution >= 4 is 31.9 Å². The second kappa shape index (κ2) is 6.94. The summed E-state index contributed by atoms with van der Waals surface area (Å²) >= 11 is 6.12. The Morgan fingerprint density at radius 1 is 1.00 bits per heavy atom. The van der Waals surface area contributed by atoms with Crippen LogP contribution in [-0.2, 0) is 0 Å². The topological polar surface area (TPSA) is 12.0 Å². The van der Waals surface area contributed by atoms with Gasteiger partial charge in [0.1, 0.15) is 17.5 Å². The summed E-state index contributed by atoms with van der Waals surface area (Å²) < 4.78 is 43.0. The Morgan fingerprint density at radius 3 is 2.33 bits per heavy atom. The minimum atomic E-state index is -0.912. The lowest BCUT2D eigenvalue weighted by atomic mass is 9.97. The molecule has 0 radical (unpaired) electrons. The summed E-state index contributed by atoms with van der Waals surface area (Å²) in [6.45, 7) is 2.22. The van der Waals surface area contributed by atoms with Crippen LogP contribution in [-0.4, -0.2) is 6.54 Å². The van der Waals surface area contributed by atoms with Gasteiger partial charge in [0.05, 0.1) is 15.0 Å². The molecular weight excluding hydrogens is 411 g/mol. The number of rotatable bonds is 4. The third-order valence-electron chi connectivity index (χ3n) is 3.07. The predicted molar refractivity (Wildman–Crippen MR) is 83.7 cm³/mol. The van der Waals surface area contributed by atoms with Gasteiger partial charge in [0.15, 0.2) is 0 Å². The van der Waals surface area contributed by atoms with Gasteiger partial charge in [-0.2, -0.15) is 0 Å². The molecule has 2 aromatic carbocycles. The molecule has 21 heavy (non-hydrogen) atoms. The van der Waals surface area contributed by atoms with Crippen LogP contribution < -0.4 is 5.32 Å². The van der Waals surface area contributed by atoms with Gasteiger partial charge in [-0.1, -0.05) is 19.1 Å². The average Bonchev–Trinajstić information content (AvgIpc) is 2.45. The van der Waals surface area contributed by atoms with Gasteiger partial charge in [0, 0.05) is 11.1 Å². The SMILES string of the molecule is CCNC(c1cccc(Br)c1F)c1c(F)ccc(Br)c1F. The minimum Gasteiger partial charge on any atom is -0.306 e.